The highest BCUT2D eigenvalue weighted by Crippen LogP contribution is 2.34. The maximum atomic E-state index is 12.7. The van der Waals surface area contributed by atoms with Gasteiger partial charge in [0.1, 0.15) is 0 Å². The Balaban J connectivity index is 2.14. The molecule has 2 rings (SSSR count). The van der Waals surface area contributed by atoms with E-state index in [2.05, 4.69) is 37.4 Å². The molecule has 140 valence electrons. The SMILES string of the molecule is CCc1cccc(CC)c1NC(=O)[C@H](C)Sc1ccc(OC)c(OC)c1. The number of nitrogens with one attached hydrogen (secondary N) is 1. The minimum Gasteiger partial charge on any atom is -0.493 e. The molecule has 0 aliphatic carbocycles. The van der Waals surface area contributed by atoms with Gasteiger partial charge in [0, 0.05) is 10.6 Å². The fourth-order valence-electron chi connectivity index (χ4n) is 2.78. The first-order valence-corrected chi connectivity index (χ1v) is 9.72. The molecular weight excluding hydrogens is 346 g/mol. The van der Waals surface area contributed by atoms with Crippen LogP contribution in [-0.2, 0) is 17.6 Å². The third-order valence-electron chi connectivity index (χ3n) is 4.28. The molecule has 0 heterocycles. The third-order valence-corrected chi connectivity index (χ3v) is 5.38. The highest BCUT2D eigenvalue weighted by atomic mass is 32.2. The highest BCUT2D eigenvalue weighted by molar-refractivity contribution is 8.00. The van der Waals surface area contributed by atoms with E-state index in [1.54, 1.807) is 14.2 Å². The van der Waals surface area contributed by atoms with Crippen LogP contribution in [0.2, 0.25) is 0 Å². The van der Waals surface area contributed by atoms with Gasteiger partial charge in [0.15, 0.2) is 11.5 Å². The second-order valence-corrected chi connectivity index (χ2v) is 7.34. The third kappa shape index (κ3) is 4.73. The van der Waals surface area contributed by atoms with Crippen LogP contribution in [0.4, 0.5) is 5.69 Å². The Morgan fingerprint density at radius 3 is 2.19 bits per heavy atom. The Kier molecular flexibility index (Phi) is 7.39. The van der Waals surface area contributed by atoms with E-state index >= 15 is 0 Å². The van der Waals surface area contributed by atoms with Crippen LogP contribution in [0, 0.1) is 0 Å². The summed E-state index contributed by atoms with van der Waals surface area (Å²) in [6.45, 7) is 6.12. The molecule has 1 atom stereocenters. The van der Waals surface area contributed by atoms with Crippen molar-refractivity contribution in [2.45, 2.75) is 43.8 Å². The lowest BCUT2D eigenvalue weighted by molar-refractivity contribution is -0.115. The van der Waals surface area contributed by atoms with Crippen LogP contribution in [0.3, 0.4) is 0 Å². The van der Waals surface area contributed by atoms with E-state index in [0.29, 0.717) is 11.5 Å². The summed E-state index contributed by atoms with van der Waals surface area (Å²) >= 11 is 1.50. The van der Waals surface area contributed by atoms with E-state index < -0.39 is 0 Å². The summed E-state index contributed by atoms with van der Waals surface area (Å²) in [5, 5.41) is 2.90. The zero-order valence-corrected chi connectivity index (χ0v) is 16.9. The summed E-state index contributed by atoms with van der Waals surface area (Å²) < 4.78 is 10.6. The molecule has 4 nitrogen and oxygen atoms in total. The number of benzene rings is 2. The number of carbonyl (C=O) groups is 1. The smallest absolute Gasteiger partial charge is 0.237 e. The van der Waals surface area contributed by atoms with Crippen molar-refractivity contribution in [3.05, 3.63) is 47.5 Å². The van der Waals surface area contributed by atoms with Crippen molar-refractivity contribution >= 4 is 23.4 Å². The van der Waals surface area contributed by atoms with Crippen molar-refractivity contribution in [3.8, 4) is 11.5 Å². The maximum Gasteiger partial charge on any atom is 0.237 e. The first-order chi connectivity index (χ1) is 12.5. The molecule has 1 N–H and O–H groups in total. The molecule has 0 aliphatic heterocycles. The topological polar surface area (TPSA) is 47.6 Å². The molecule has 26 heavy (non-hydrogen) atoms. The first kappa shape index (κ1) is 20.2. The summed E-state index contributed by atoms with van der Waals surface area (Å²) in [7, 11) is 3.22. The van der Waals surface area contributed by atoms with Crippen molar-refractivity contribution in [2.75, 3.05) is 19.5 Å². The van der Waals surface area contributed by atoms with E-state index in [0.717, 1.165) is 23.4 Å². The van der Waals surface area contributed by atoms with Gasteiger partial charge >= 0.3 is 0 Å². The van der Waals surface area contributed by atoms with Crippen molar-refractivity contribution in [2.24, 2.45) is 0 Å². The van der Waals surface area contributed by atoms with Gasteiger partial charge < -0.3 is 14.8 Å². The second kappa shape index (κ2) is 9.53. The number of anilines is 1. The van der Waals surface area contributed by atoms with Gasteiger partial charge in [0.25, 0.3) is 0 Å². The maximum absolute atomic E-state index is 12.7. The standard InChI is InChI=1S/C21H27NO3S/c1-6-15-9-8-10-16(7-2)20(15)22-21(23)14(3)26-17-11-12-18(24-4)19(13-17)25-5/h8-14H,6-7H2,1-5H3,(H,22,23)/t14-/m0/s1. The van der Waals surface area contributed by atoms with Gasteiger partial charge in [-0.1, -0.05) is 32.0 Å². The molecular formula is C21H27NO3S. The number of para-hydroxylation sites is 1. The molecule has 0 aromatic heterocycles. The monoisotopic (exact) mass is 373 g/mol. The second-order valence-electron chi connectivity index (χ2n) is 5.92. The molecule has 0 bridgehead atoms. The van der Waals surface area contributed by atoms with E-state index in [-0.39, 0.29) is 11.2 Å². The van der Waals surface area contributed by atoms with E-state index in [1.807, 2.05) is 25.1 Å². The van der Waals surface area contributed by atoms with E-state index in [1.165, 1.54) is 22.9 Å². The molecule has 5 heteroatoms. The average molecular weight is 374 g/mol. The van der Waals surface area contributed by atoms with Crippen LogP contribution in [0.25, 0.3) is 0 Å². The lowest BCUT2D eigenvalue weighted by atomic mass is 10.0. The summed E-state index contributed by atoms with van der Waals surface area (Å²) in [6, 6.07) is 11.9. The predicted octanol–water partition coefficient (Wildman–Crippen LogP) is 4.95. The molecule has 0 saturated carbocycles. The molecule has 0 saturated heterocycles. The normalized spacial score (nSPS) is 11.7. The first-order valence-electron chi connectivity index (χ1n) is 8.84. The number of amides is 1. The van der Waals surface area contributed by atoms with Crippen molar-refractivity contribution in [1.29, 1.82) is 0 Å². The van der Waals surface area contributed by atoms with Gasteiger partial charge in [-0.3, -0.25) is 4.79 Å². The number of rotatable bonds is 8. The molecule has 0 fully saturated rings. The Morgan fingerprint density at radius 1 is 1.04 bits per heavy atom. The van der Waals surface area contributed by atoms with Crippen molar-refractivity contribution in [1.82, 2.24) is 0 Å². The van der Waals surface area contributed by atoms with E-state index in [9.17, 15) is 4.79 Å². The van der Waals surface area contributed by atoms with Crippen LogP contribution in [0.1, 0.15) is 31.9 Å². The number of methoxy groups -OCH3 is 2. The minimum absolute atomic E-state index is 0.000356. The Hall–Kier alpha value is -2.14. The van der Waals surface area contributed by atoms with Crippen LogP contribution in [0.15, 0.2) is 41.3 Å². The number of aryl methyl sites for hydroxylation is 2. The lowest BCUT2D eigenvalue weighted by Gasteiger charge is -2.17. The van der Waals surface area contributed by atoms with E-state index in [4.69, 9.17) is 9.47 Å². The summed E-state index contributed by atoms with van der Waals surface area (Å²) in [5.74, 6) is 1.34. The number of ether oxygens (including phenoxy) is 2. The zero-order valence-electron chi connectivity index (χ0n) is 16.1. The number of hydrogen-bond acceptors (Lipinski definition) is 4. The Labute approximate surface area is 160 Å². The highest BCUT2D eigenvalue weighted by Gasteiger charge is 2.18. The van der Waals surface area contributed by atoms with Crippen LogP contribution in [0.5, 0.6) is 11.5 Å². The van der Waals surface area contributed by atoms with Crippen molar-refractivity contribution < 1.29 is 14.3 Å². The van der Waals surface area contributed by atoms with Gasteiger partial charge in [-0.25, -0.2) is 0 Å². The van der Waals surface area contributed by atoms with Crippen molar-refractivity contribution in [3.63, 3.8) is 0 Å². The predicted molar refractivity (Wildman–Crippen MR) is 109 cm³/mol. The number of carbonyl (C=O) groups excluding carboxylic acids is 1. The minimum atomic E-state index is -0.234. The summed E-state index contributed by atoms with van der Waals surface area (Å²) in [5.41, 5.74) is 3.30. The van der Waals surface area contributed by atoms with Gasteiger partial charge in [0.05, 0.1) is 19.5 Å². The molecule has 0 spiro atoms. The molecule has 0 aliphatic rings. The molecule has 1 amide bonds. The molecule has 0 unspecified atom stereocenters. The van der Waals surface area contributed by atoms with Crippen LogP contribution in [-0.4, -0.2) is 25.4 Å². The fraction of sp³-hybridized carbons (Fsp3) is 0.381. The summed E-state index contributed by atoms with van der Waals surface area (Å²) in [6.07, 6.45) is 1.78. The van der Waals surface area contributed by atoms with Gasteiger partial charge in [-0.15, -0.1) is 11.8 Å². The quantitative estimate of drug-likeness (QED) is 0.665. The average Bonchev–Trinajstić information content (AvgIpc) is 2.67. The lowest BCUT2D eigenvalue weighted by Crippen LogP contribution is -2.23. The van der Waals surface area contributed by atoms with Gasteiger partial charge in [-0.05, 0) is 49.1 Å². The Bertz CT molecular complexity index is 739. The van der Waals surface area contributed by atoms with Gasteiger partial charge in [-0.2, -0.15) is 0 Å². The largest absolute Gasteiger partial charge is 0.493 e. The molecule has 0 radical (unpaired) electrons. The fourth-order valence-corrected chi connectivity index (χ4v) is 3.67. The van der Waals surface area contributed by atoms with Crippen LogP contribution < -0.4 is 14.8 Å². The summed E-state index contributed by atoms with van der Waals surface area (Å²) in [4.78, 5) is 13.7. The number of hydrogen-bond donors (Lipinski definition) is 1. The number of thioether (sulfide) groups is 1. The van der Waals surface area contributed by atoms with Gasteiger partial charge in [0.2, 0.25) is 5.91 Å². The Morgan fingerprint density at radius 2 is 1.65 bits per heavy atom. The zero-order chi connectivity index (χ0) is 19.1. The van der Waals surface area contributed by atoms with Crippen LogP contribution >= 0.6 is 11.8 Å². The molecule has 2 aromatic carbocycles. The molecule has 2 aromatic rings.